The van der Waals surface area contributed by atoms with E-state index in [1.807, 2.05) is 0 Å². The average Bonchev–Trinajstić information content (AvgIpc) is 2.46. The molecule has 1 atom stereocenters. The molecule has 0 saturated carbocycles. The maximum absolute atomic E-state index is 4.74. The maximum atomic E-state index is 4.74. The summed E-state index contributed by atoms with van der Waals surface area (Å²) in [6.07, 6.45) is 7.52. The molecule has 1 aliphatic heterocycles. The number of hydrogen-bond acceptors (Lipinski definition) is 2. The molecule has 0 spiro atoms. The van der Waals surface area contributed by atoms with Crippen molar-refractivity contribution >= 4 is 17.1 Å². The van der Waals surface area contributed by atoms with Gasteiger partial charge in [-0.2, -0.15) is 0 Å². The van der Waals surface area contributed by atoms with E-state index in [4.69, 9.17) is 4.99 Å². The van der Waals surface area contributed by atoms with E-state index in [2.05, 4.69) is 55.6 Å². The van der Waals surface area contributed by atoms with Crippen LogP contribution in [0, 0.1) is 6.92 Å². The van der Waals surface area contributed by atoms with E-state index in [1.54, 1.807) is 0 Å². The van der Waals surface area contributed by atoms with Crippen LogP contribution in [0.2, 0.25) is 0 Å². The molecule has 1 unspecified atom stereocenters. The van der Waals surface area contributed by atoms with Gasteiger partial charge >= 0.3 is 0 Å². The molecule has 1 aliphatic carbocycles. The molecule has 1 aromatic rings. The Morgan fingerprint density at radius 2 is 2.18 bits per heavy atom. The molecular formula is C15H16N2. The van der Waals surface area contributed by atoms with Crippen molar-refractivity contribution in [3.8, 4) is 0 Å². The summed E-state index contributed by atoms with van der Waals surface area (Å²) in [6.45, 7) is 4.20. The highest BCUT2D eigenvalue weighted by Crippen LogP contribution is 2.33. The van der Waals surface area contributed by atoms with Gasteiger partial charge in [0.05, 0.1) is 17.4 Å². The smallest absolute Gasteiger partial charge is 0.0867 e. The van der Waals surface area contributed by atoms with Gasteiger partial charge in [-0.05, 0) is 43.5 Å². The summed E-state index contributed by atoms with van der Waals surface area (Å²) in [5, 5.41) is 3.58. The van der Waals surface area contributed by atoms with E-state index in [9.17, 15) is 0 Å². The molecule has 2 heteroatoms. The SMILES string of the molecule is CC1=Nc2cc(C)ccc2NC2CC=CC=C12. The summed E-state index contributed by atoms with van der Waals surface area (Å²) in [6, 6.07) is 6.76. The Bertz CT molecular complexity index is 550. The summed E-state index contributed by atoms with van der Waals surface area (Å²) in [4.78, 5) is 4.74. The first kappa shape index (κ1) is 10.3. The summed E-state index contributed by atoms with van der Waals surface area (Å²) < 4.78 is 0. The topological polar surface area (TPSA) is 24.4 Å². The number of aryl methyl sites for hydroxylation is 1. The third-order valence-corrected chi connectivity index (χ3v) is 3.35. The molecule has 0 saturated heterocycles. The Hall–Kier alpha value is -1.83. The molecule has 0 fully saturated rings. The van der Waals surface area contributed by atoms with Crippen LogP contribution in [-0.2, 0) is 0 Å². The number of fused-ring (bicyclic) bond motifs is 2. The van der Waals surface area contributed by atoms with Gasteiger partial charge in [-0.3, -0.25) is 4.99 Å². The molecular weight excluding hydrogens is 208 g/mol. The van der Waals surface area contributed by atoms with Crippen molar-refractivity contribution in [1.29, 1.82) is 0 Å². The van der Waals surface area contributed by atoms with Crippen molar-refractivity contribution in [2.24, 2.45) is 4.99 Å². The van der Waals surface area contributed by atoms with Gasteiger partial charge in [0.1, 0.15) is 0 Å². The molecule has 0 amide bonds. The highest BCUT2D eigenvalue weighted by Gasteiger charge is 2.21. The third-order valence-electron chi connectivity index (χ3n) is 3.35. The predicted molar refractivity (Wildman–Crippen MR) is 73.2 cm³/mol. The van der Waals surface area contributed by atoms with Crippen molar-refractivity contribution in [2.75, 3.05) is 5.32 Å². The molecule has 86 valence electrons. The van der Waals surface area contributed by atoms with Gasteiger partial charge in [0.2, 0.25) is 0 Å². The first-order valence-corrected chi connectivity index (χ1v) is 6.03. The predicted octanol–water partition coefficient (Wildman–Crippen LogP) is 3.77. The lowest BCUT2D eigenvalue weighted by Crippen LogP contribution is -2.25. The lowest BCUT2D eigenvalue weighted by atomic mass is 9.95. The maximum Gasteiger partial charge on any atom is 0.0867 e. The standard InChI is InChI=1S/C15H16N2/c1-10-7-8-14-15(9-10)16-11(2)12-5-3-4-6-13(12)17-14/h3-5,7-9,13,17H,6H2,1-2H3. The fraction of sp³-hybridized carbons (Fsp3) is 0.267. The zero-order valence-electron chi connectivity index (χ0n) is 10.2. The van der Waals surface area contributed by atoms with Crippen LogP contribution in [0.5, 0.6) is 0 Å². The lowest BCUT2D eigenvalue weighted by molar-refractivity contribution is 0.861. The van der Waals surface area contributed by atoms with Crippen LogP contribution in [0.15, 0.2) is 47.0 Å². The van der Waals surface area contributed by atoms with Crippen LogP contribution in [0.4, 0.5) is 11.4 Å². The third kappa shape index (κ3) is 1.80. The number of nitrogens with zero attached hydrogens (tertiary/aromatic N) is 1. The minimum Gasteiger partial charge on any atom is -0.376 e. The highest BCUT2D eigenvalue weighted by atomic mass is 15.0. The second-order valence-corrected chi connectivity index (χ2v) is 4.70. The van der Waals surface area contributed by atoms with Crippen molar-refractivity contribution in [3.63, 3.8) is 0 Å². The number of allylic oxidation sites excluding steroid dienone is 2. The minimum absolute atomic E-state index is 0.368. The number of anilines is 1. The molecule has 2 nitrogen and oxygen atoms in total. The molecule has 1 aromatic carbocycles. The Morgan fingerprint density at radius 1 is 1.29 bits per heavy atom. The Morgan fingerprint density at radius 3 is 3.06 bits per heavy atom. The number of aliphatic imine (C=N–C) groups is 1. The van der Waals surface area contributed by atoms with Crippen molar-refractivity contribution in [2.45, 2.75) is 26.3 Å². The van der Waals surface area contributed by atoms with Crippen LogP contribution < -0.4 is 5.32 Å². The van der Waals surface area contributed by atoms with Gasteiger partial charge in [-0.25, -0.2) is 0 Å². The fourth-order valence-corrected chi connectivity index (χ4v) is 2.43. The second-order valence-electron chi connectivity index (χ2n) is 4.70. The number of nitrogens with one attached hydrogen (secondary N) is 1. The summed E-state index contributed by atoms with van der Waals surface area (Å²) in [7, 11) is 0. The molecule has 2 aliphatic rings. The molecule has 0 radical (unpaired) electrons. The van der Waals surface area contributed by atoms with Crippen molar-refractivity contribution in [3.05, 3.63) is 47.6 Å². The number of benzene rings is 1. The lowest BCUT2D eigenvalue weighted by Gasteiger charge is -2.21. The minimum atomic E-state index is 0.368. The van der Waals surface area contributed by atoms with Gasteiger partial charge in [-0.1, -0.05) is 24.3 Å². The van der Waals surface area contributed by atoms with E-state index in [0.29, 0.717) is 6.04 Å². The Balaban J connectivity index is 2.13. The first-order valence-electron chi connectivity index (χ1n) is 6.03. The van der Waals surface area contributed by atoms with E-state index >= 15 is 0 Å². The normalized spacial score (nSPS) is 21.6. The van der Waals surface area contributed by atoms with Crippen molar-refractivity contribution < 1.29 is 0 Å². The van der Waals surface area contributed by atoms with Crippen LogP contribution in [0.3, 0.4) is 0 Å². The zero-order chi connectivity index (χ0) is 11.8. The van der Waals surface area contributed by atoms with Crippen molar-refractivity contribution in [1.82, 2.24) is 0 Å². The van der Waals surface area contributed by atoms with E-state index in [-0.39, 0.29) is 0 Å². The molecule has 0 aromatic heterocycles. The fourth-order valence-electron chi connectivity index (χ4n) is 2.43. The molecule has 17 heavy (non-hydrogen) atoms. The average molecular weight is 224 g/mol. The monoisotopic (exact) mass is 224 g/mol. The van der Waals surface area contributed by atoms with Crippen LogP contribution in [-0.4, -0.2) is 11.8 Å². The molecule has 1 heterocycles. The Labute approximate surface area is 102 Å². The number of rotatable bonds is 0. The largest absolute Gasteiger partial charge is 0.376 e. The van der Waals surface area contributed by atoms with E-state index in [0.717, 1.165) is 23.5 Å². The van der Waals surface area contributed by atoms with Gasteiger partial charge in [0.15, 0.2) is 0 Å². The summed E-state index contributed by atoms with van der Waals surface area (Å²) >= 11 is 0. The molecule has 1 N–H and O–H groups in total. The second kappa shape index (κ2) is 3.88. The highest BCUT2D eigenvalue weighted by molar-refractivity contribution is 6.03. The zero-order valence-corrected chi connectivity index (χ0v) is 10.2. The first-order chi connectivity index (χ1) is 8.24. The van der Waals surface area contributed by atoms with Gasteiger partial charge in [-0.15, -0.1) is 0 Å². The van der Waals surface area contributed by atoms with Crippen LogP contribution in [0.1, 0.15) is 18.9 Å². The number of hydrogen-bond donors (Lipinski definition) is 1. The molecule has 0 bridgehead atoms. The molecule has 3 rings (SSSR count). The van der Waals surface area contributed by atoms with E-state index in [1.165, 1.54) is 11.1 Å². The van der Waals surface area contributed by atoms with Gasteiger partial charge < -0.3 is 5.32 Å². The van der Waals surface area contributed by atoms with Gasteiger partial charge in [0.25, 0.3) is 0 Å². The van der Waals surface area contributed by atoms with E-state index < -0.39 is 0 Å². The van der Waals surface area contributed by atoms with Crippen LogP contribution >= 0.6 is 0 Å². The van der Waals surface area contributed by atoms with Gasteiger partial charge in [0, 0.05) is 5.71 Å². The quantitative estimate of drug-likeness (QED) is 0.712. The van der Waals surface area contributed by atoms with Crippen LogP contribution in [0.25, 0.3) is 0 Å². The Kier molecular flexibility index (Phi) is 2.36. The summed E-state index contributed by atoms with van der Waals surface area (Å²) in [5.41, 5.74) is 5.87. The summed E-state index contributed by atoms with van der Waals surface area (Å²) in [5.74, 6) is 0.